The number of fused-ring (bicyclic) bond motifs is 1. The van der Waals surface area contributed by atoms with Crippen molar-refractivity contribution in [1.29, 1.82) is 0 Å². The minimum absolute atomic E-state index is 0.0639. The number of rotatable bonds is 5. The monoisotopic (exact) mass is 379 g/mol. The summed E-state index contributed by atoms with van der Waals surface area (Å²) in [4.78, 5) is 20.2. The van der Waals surface area contributed by atoms with Crippen LogP contribution in [-0.4, -0.2) is 28.5 Å². The van der Waals surface area contributed by atoms with Crippen molar-refractivity contribution in [3.8, 4) is 16.9 Å². The van der Waals surface area contributed by atoms with Gasteiger partial charge in [0.05, 0.1) is 11.2 Å². The van der Waals surface area contributed by atoms with Gasteiger partial charge in [-0.1, -0.05) is 6.07 Å². The van der Waals surface area contributed by atoms with E-state index in [1.54, 1.807) is 18.5 Å². The van der Waals surface area contributed by atoms with Gasteiger partial charge in [0, 0.05) is 42.2 Å². The lowest BCUT2D eigenvalue weighted by molar-refractivity contribution is -0.119. The molecule has 144 valence electrons. The van der Waals surface area contributed by atoms with Crippen LogP contribution in [0, 0.1) is 5.92 Å². The minimum atomic E-state index is -1.10. The number of alkyl halides is 1. The zero-order valence-corrected chi connectivity index (χ0v) is 15.9. The lowest BCUT2D eigenvalue weighted by Gasteiger charge is -2.21. The van der Waals surface area contributed by atoms with Gasteiger partial charge in [-0.05, 0) is 49.7 Å². The first-order valence-corrected chi connectivity index (χ1v) is 9.44. The first-order valence-electron chi connectivity index (χ1n) is 9.44. The van der Waals surface area contributed by atoms with Gasteiger partial charge in [0.2, 0.25) is 5.91 Å². The van der Waals surface area contributed by atoms with Crippen molar-refractivity contribution >= 4 is 16.8 Å². The molecule has 1 fully saturated rings. The molecule has 0 saturated carbocycles. The van der Waals surface area contributed by atoms with Crippen molar-refractivity contribution in [1.82, 2.24) is 15.3 Å². The third-order valence-electron chi connectivity index (χ3n) is 5.20. The lowest BCUT2D eigenvalue weighted by atomic mass is 10.0. The van der Waals surface area contributed by atoms with Crippen LogP contribution in [0.5, 0.6) is 5.75 Å². The highest BCUT2D eigenvalue weighted by atomic mass is 19.1. The Morgan fingerprint density at radius 3 is 2.71 bits per heavy atom. The molecular formula is C22H22FN3O2. The van der Waals surface area contributed by atoms with Crippen LogP contribution in [0.4, 0.5) is 4.39 Å². The van der Waals surface area contributed by atoms with Crippen LogP contribution in [-0.2, 0) is 4.79 Å². The maximum Gasteiger partial charge on any atom is 0.220 e. The zero-order valence-electron chi connectivity index (χ0n) is 15.9. The number of aromatic nitrogens is 2. The third-order valence-corrected chi connectivity index (χ3v) is 5.20. The lowest BCUT2D eigenvalue weighted by Crippen LogP contribution is -2.25. The molecule has 0 radical (unpaired) electrons. The molecule has 3 aromatic rings. The molecule has 6 heteroatoms. The fourth-order valence-electron chi connectivity index (χ4n) is 3.48. The highest BCUT2D eigenvalue weighted by Gasteiger charge is 2.28. The Bertz CT molecular complexity index is 1000. The Balaban J connectivity index is 1.70. The van der Waals surface area contributed by atoms with E-state index in [0.29, 0.717) is 18.7 Å². The molecular weight excluding hydrogens is 357 g/mol. The van der Waals surface area contributed by atoms with Gasteiger partial charge in [-0.25, -0.2) is 4.39 Å². The fourth-order valence-corrected chi connectivity index (χ4v) is 3.48. The number of carbonyl (C=O) groups is 1. The Labute approximate surface area is 163 Å². The van der Waals surface area contributed by atoms with Crippen molar-refractivity contribution in [2.45, 2.75) is 32.5 Å². The second kappa shape index (κ2) is 7.54. The Morgan fingerprint density at radius 1 is 1.18 bits per heavy atom. The molecule has 1 N–H and O–H groups in total. The molecule has 3 atom stereocenters. The van der Waals surface area contributed by atoms with Crippen LogP contribution in [0.3, 0.4) is 0 Å². The number of ether oxygens (including phenoxy) is 1. The van der Waals surface area contributed by atoms with Crippen molar-refractivity contribution in [3.05, 3.63) is 54.5 Å². The van der Waals surface area contributed by atoms with Gasteiger partial charge in [-0.15, -0.1) is 0 Å². The molecule has 4 rings (SSSR count). The first-order chi connectivity index (χ1) is 13.5. The van der Waals surface area contributed by atoms with Gasteiger partial charge in [-0.3, -0.25) is 14.8 Å². The second-order valence-corrected chi connectivity index (χ2v) is 7.22. The Kier molecular flexibility index (Phi) is 4.94. The van der Waals surface area contributed by atoms with Crippen LogP contribution in [0.15, 0.2) is 48.8 Å². The normalized spacial score (nSPS) is 18.7. The number of carbonyl (C=O) groups excluding carboxylic acids is 1. The quantitative estimate of drug-likeness (QED) is 0.721. The third kappa shape index (κ3) is 3.67. The van der Waals surface area contributed by atoms with Gasteiger partial charge in [0.1, 0.15) is 18.0 Å². The first kappa shape index (κ1) is 18.3. The summed E-state index contributed by atoms with van der Waals surface area (Å²) in [6.07, 6.45) is 2.66. The minimum Gasteiger partial charge on any atom is -0.490 e. The van der Waals surface area contributed by atoms with E-state index in [2.05, 4.69) is 15.3 Å². The molecule has 1 amide bonds. The van der Waals surface area contributed by atoms with Gasteiger partial charge < -0.3 is 10.1 Å². The molecule has 1 aliphatic rings. The van der Waals surface area contributed by atoms with Gasteiger partial charge >= 0.3 is 0 Å². The van der Waals surface area contributed by atoms with Gasteiger partial charge in [0.25, 0.3) is 0 Å². The van der Waals surface area contributed by atoms with Crippen LogP contribution in [0.1, 0.15) is 32.1 Å². The number of nitrogens with one attached hydrogen (secondary N) is 1. The molecule has 0 aliphatic carbocycles. The summed E-state index contributed by atoms with van der Waals surface area (Å²) in [7, 11) is 0. The fraction of sp³-hybridized carbons (Fsp3) is 0.318. The number of halogens is 1. The molecule has 0 spiro atoms. The maximum absolute atomic E-state index is 13.4. The molecule has 1 saturated heterocycles. The average molecular weight is 379 g/mol. The molecule has 1 aromatic carbocycles. The zero-order chi connectivity index (χ0) is 19.7. The van der Waals surface area contributed by atoms with Crippen LogP contribution >= 0.6 is 0 Å². The van der Waals surface area contributed by atoms with E-state index >= 15 is 0 Å². The predicted molar refractivity (Wildman–Crippen MR) is 106 cm³/mol. The standard InChI is InChI=1S/C22H22FN3O2/c1-13(23)19-6-5-15(11-25-19)16-8-20-18(4-3-7-24-20)21(9-16)28-14(2)17-10-22(27)26-12-17/h3-9,11,13-14,17H,10,12H2,1-2H3,(H,26,27)/t13?,14-,17-/m1/s1. The van der Waals surface area contributed by atoms with E-state index in [0.717, 1.165) is 27.8 Å². The van der Waals surface area contributed by atoms with E-state index in [1.165, 1.54) is 6.92 Å². The number of hydrogen-bond donors (Lipinski definition) is 1. The smallest absolute Gasteiger partial charge is 0.220 e. The molecule has 1 aliphatic heterocycles. The average Bonchev–Trinajstić information content (AvgIpc) is 3.14. The van der Waals surface area contributed by atoms with Gasteiger partial charge in [-0.2, -0.15) is 0 Å². The summed E-state index contributed by atoms with van der Waals surface area (Å²) >= 11 is 0. The van der Waals surface area contributed by atoms with Crippen molar-refractivity contribution in [2.75, 3.05) is 6.54 Å². The van der Waals surface area contributed by atoms with Crippen LogP contribution < -0.4 is 10.1 Å². The van der Waals surface area contributed by atoms with E-state index in [-0.39, 0.29) is 17.9 Å². The second-order valence-electron chi connectivity index (χ2n) is 7.22. The van der Waals surface area contributed by atoms with E-state index in [9.17, 15) is 9.18 Å². The Hall–Kier alpha value is -3.02. The number of nitrogens with zero attached hydrogens (tertiary/aromatic N) is 2. The maximum atomic E-state index is 13.4. The highest BCUT2D eigenvalue weighted by Crippen LogP contribution is 2.33. The number of hydrogen-bond acceptors (Lipinski definition) is 4. The van der Waals surface area contributed by atoms with E-state index < -0.39 is 6.17 Å². The molecule has 3 heterocycles. The van der Waals surface area contributed by atoms with E-state index in [1.807, 2.05) is 37.3 Å². The summed E-state index contributed by atoms with van der Waals surface area (Å²) in [6.45, 7) is 4.08. The highest BCUT2D eigenvalue weighted by molar-refractivity contribution is 5.90. The topological polar surface area (TPSA) is 64.1 Å². The van der Waals surface area contributed by atoms with Crippen molar-refractivity contribution < 1.29 is 13.9 Å². The summed E-state index contributed by atoms with van der Waals surface area (Å²) in [6, 6.07) is 11.3. The summed E-state index contributed by atoms with van der Waals surface area (Å²) in [5.41, 5.74) is 2.99. The molecule has 0 bridgehead atoms. The number of benzene rings is 1. The summed E-state index contributed by atoms with van der Waals surface area (Å²) < 4.78 is 19.7. The molecule has 1 unspecified atom stereocenters. The molecule has 28 heavy (non-hydrogen) atoms. The predicted octanol–water partition coefficient (Wildman–Crippen LogP) is 4.23. The SMILES string of the molecule is CC(F)c1ccc(-c2cc(O[C@H](C)[C@H]3CNC(=O)C3)c3cccnc3c2)cn1. The Morgan fingerprint density at radius 2 is 2.04 bits per heavy atom. The van der Waals surface area contributed by atoms with E-state index in [4.69, 9.17) is 4.74 Å². The molecule has 2 aromatic heterocycles. The summed E-state index contributed by atoms with van der Waals surface area (Å²) in [5.74, 6) is 0.916. The van der Waals surface area contributed by atoms with Gasteiger partial charge in [0.15, 0.2) is 0 Å². The molecule has 5 nitrogen and oxygen atoms in total. The number of pyridine rings is 2. The summed E-state index contributed by atoms with van der Waals surface area (Å²) in [5, 5.41) is 3.77. The largest absolute Gasteiger partial charge is 0.490 e. The van der Waals surface area contributed by atoms with Crippen LogP contribution in [0.25, 0.3) is 22.0 Å². The van der Waals surface area contributed by atoms with Crippen molar-refractivity contribution in [3.63, 3.8) is 0 Å². The number of amides is 1. The van der Waals surface area contributed by atoms with Crippen molar-refractivity contribution in [2.24, 2.45) is 5.92 Å². The van der Waals surface area contributed by atoms with Crippen LogP contribution in [0.2, 0.25) is 0 Å².